The highest BCUT2D eigenvalue weighted by atomic mass is 16.3. The average molecular weight is 766 g/mol. The molecule has 0 radical (unpaired) electrons. The Balaban J connectivity index is 1.11. The zero-order chi connectivity index (χ0) is 39.7. The molecule has 0 fully saturated rings. The standard InChI is InChI=1S/C58H39NO/c1-57(2)47-21-10-6-19-42(47)46-34-38(29-32-48(46)57)59(53-24-14-26-55-56(53)45-20-9-13-25-54(45)60-55)39-28-31-44-43-30-27-37(36-15-4-3-5-16-36)33-51(43)58(52(44)35-39)49-22-11-7-17-40(49)41-18-8-12-23-50(41)58/h3-35H,1-2H3. The summed E-state index contributed by atoms with van der Waals surface area (Å²) in [5.41, 5.74) is 22.7. The molecule has 1 heterocycles. The van der Waals surface area contributed by atoms with Gasteiger partial charge in [-0.1, -0.05) is 166 Å². The molecule has 2 heteroatoms. The first-order valence-corrected chi connectivity index (χ1v) is 21.0. The molecule has 0 aliphatic heterocycles. The van der Waals surface area contributed by atoms with Crippen molar-refractivity contribution >= 4 is 39.0 Å². The van der Waals surface area contributed by atoms with Gasteiger partial charge >= 0.3 is 0 Å². The van der Waals surface area contributed by atoms with Crippen molar-refractivity contribution in [2.24, 2.45) is 0 Å². The Labute approximate surface area is 349 Å². The van der Waals surface area contributed by atoms with Gasteiger partial charge in [-0.2, -0.15) is 0 Å². The third kappa shape index (κ3) is 4.32. The molecule has 1 aromatic heterocycles. The summed E-state index contributed by atoms with van der Waals surface area (Å²) in [5.74, 6) is 0. The van der Waals surface area contributed by atoms with Gasteiger partial charge in [0.05, 0.1) is 16.5 Å². The van der Waals surface area contributed by atoms with Crippen molar-refractivity contribution in [1.29, 1.82) is 0 Å². The predicted octanol–water partition coefficient (Wildman–Crippen LogP) is 15.4. The lowest BCUT2D eigenvalue weighted by atomic mass is 9.70. The average Bonchev–Trinajstić information content (AvgIpc) is 3.99. The van der Waals surface area contributed by atoms with Crippen LogP contribution in [0.5, 0.6) is 0 Å². The van der Waals surface area contributed by atoms with E-state index in [-0.39, 0.29) is 5.41 Å². The molecule has 60 heavy (non-hydrogen) atoms. The van der Waals surface area contributed by atoms with E-state index in [1.807, 2.05) is 0 Å². The van der Waals surface area contributed by atoms with Crippen LogP contribution in [0.4, 0.5) is 17.1 Å². The number of hydrogen-bond donors (Lipinski definition) is 0. The van der Waals surface area contributed by atoms with Gasteiger partial charge < -0.3 is 9.32 Å². The first-order valence-electron chi connectivity index (χ1n) is 21.0. The van der Waals surface area contributed by atoms with Crippen LogP contribution in [0.25, 0.3) is 66.4 Å². The number of rotatable bonds is 4. The third-order valence-corrected chi connectivity index (χ3v) is 13.9. The number of para-hydroxylation sites is 1. The molecule has 9 aromatic carbocycles. The van der Waals surface area contributed by atoms with Gasteiger partial charge in [0.2, 0.25) is 0 Å². The Kier molecular flexibility index (Phi) is 6.74. The molecule has 3 aliphatic carbocycles. The van der Waals surface area contributed by atoms with Gasteiger partial charge in [0.1, 0.15) is 11.2 Å². The van der Waals surface area contributed by atoms with Crippen molar-refractivity contribution in [3.05, 3.63) is 234 Å². The van der Waals surface area contributed by atoms with E-state index in [1.165, 1.54) is 77.9 Å². The van der Waals surface area contributed by atoms with Gasteiger partial charge in [0, 0.05) is 22.2 Å². The fourth-order valence-electron chi connectivity index (χ4n) is 11.3. The molecule has 282 valence electrons. The summed E-state index contributed by atoms with van der Waals surface area (Å²) in [5, 5.41) is 2.22. The summed E-state index contributed by atoms with van der Waals surface area (Å²) in [6.45, 7) is 4.71. The SMILES string of the molecule is CC1(C)c2ccccc2-c2cc(N(c3ccc4c(c3)C3(c5ccccc5-c5ccccc53)c3cc(-c5ccccc5)ccc3-4)c3cccc4oc5ccccc5c34)ccc21. The van der Waals surface area contributed by atoms with Gasteiger partial charge in [0.25, 0.3) is 0 Å². The molecule has 0 saturated heterocycles. The minimum atomic E-state index is -0.514. The summed E-state index contributed by atoms with van der Waals surface area (Å²) in [4.78, 5) is 2.48. The van der Waals surface area contributed by atoms with Crippen LogP contribution in [0, 0.1) is 0 Å². The first-order chi connectivity index (χ1) is 29.5. The highest BCUT2D eigenvalue weighted by Crippen LogP contribution is 2.64. The molecule has 3 aliphatic rings. The van der Waals surface area contributed by atoms with E-state index in [4.69, 9.17) is 4.42 Å². The summed E-state index contributed by atoms with van der Waals surface area (Å²) in [6, 6.07) is 74.3. The molecule has 0 atom stereocenters. The van der Waals surface area contributed by atoms with Crippen LogP contribution in [0.2, 0.25) is 0 Å². The van der Waals surface area contributed by atoms with E-state index < -0.39 is 5.41 Å². The molecule has 0 bridgehead atoms. The van der Waals surface area contributed by atoms with Gasteiger partial charge in [-0.3, -0.25) is 0 Å². The van der Waals surface area contributed by atoms with E-state index in [9.17, 15) is 0 Å². The summed E-state index contributed by atoms with van der Waals surface area (Å²) in [6.07, 6.45) is 0. The number of hydrogen-bond acceptors (Lipinski definition) is 2. The number of nitrogens with zero attached hydrogens (tertiary/aromatic N) is 1. The Bertz CT molecular complexity index is 3380. The molecule has 0 N–H and O–H groups in total. The van der Waals surface area contributed by atoms with Crippen molar-refractivity contribution in [2.75, 3.05) is 4.90 Å². The lowest BCUT2D eigenvalue weighted by Gasteiger charge is -2.32. The maximum atomic E-state index is 6.55. The lowest BCUT2D eigenvalue weighted by molar-refractivity contribution is 0.660. The Hall–Kier alpha value is -7.42. The zero-order valence-corrected chi connectivity index (χ0v) is 33.4. The van der Waals surface area contributed by atoms with Gasteiger partial charge in [-0.05, 0) is 126 Å². The van der Waals surface area contributed by atoms with E-state index in [0.717, 1.165) is 39.0 Å². The largest absolute Gasteiger partial charge is 0.456 e. The lowest BCUT2D eigenvalue weighted by Crippen LogP contribution is -2.26. The zero-order valence-electron chi connectivity index (χ0n) is 33.4. The maximum Gasteiger partial charge on any atom is 0.137 e. The summed E-state index contributed by atoms with van der Waals surface area (Å²) >= 11 is 0. The number of fused-ring (bicyclic) bond motifs is 16. The summed E-state index contributed by atoms with van der Waals surface area (Å²) < 4.78 is 6.55. The number of anilines is 3. The highest BCUT2D eigenvalue weighted by Gasteiger charge is 2.52. The number of benzene rings is 9. The van der Waals surface area contributed by atoms with E-state index in [0.29, 0.717) is 0 Å². The molecular weight excluding hydrogens is 727 g/mol. The van der Waals surface area contributed by atoms with Crippen LogP contribution in [0.3, 0.4) is 0 Å². The molecule has 0 amide bonds. The topological polar surface area (TPSA) is 16.4 Å². The quantitative estimate of drug-likeness (QED) is 0.177. The van der Waals surface area contributed by atoms with Crippen LogP contribution in [-0.2, 0) is 10.8 Å². The highest BCUT2D eigenvalue weighted by molar-refractivity contribution is 6.13. The maximum absolute atomic E-state index is 6.55. The second kappa shape index (κ2) is 12.1. The molecular formula is C58H39NO. The molecule has 10 aromatic rings. The van der Waals surface area contributed by atoms with Crippen molar-refractivity contribution in [1.82, 2.24) is 0 Å². The monoisotopic (exact) mass is 765 g/mol. The van der Waals surface area contributed by atoms with Crippen molar-refractivity contribution in [2.45, 2.75) is 24.7 Å². The second-order valence-corrected chi connectivity index (χ2v) is 17.2. The van der Waals surface area contributed by atoms with Crippen molar-refractivity contribution in [3.8, 4) is 44.5 Å². The molecule has 13 rings (SSSR count). The molecule has 0 saturated carbocycles. The minimum Gasteiger partial charge on any atom is -0.456 e. The Morgan fingerprint density at radius 1 is 0.367 bits per heavy atom. The van der Waals surface area contributed by atoms with Gasteiger partial charge in [-0.25, -0.2) is 0 Å². The first kappa shape index (κ1) is 33.5. The Morgan fingerprint density at radius 2 is 0.917 bits per heavy atom. The van der Waals surface area contributed by atoms with E-state index in [1.54, 1.807) is 0 Å². The second-order valence-electron chi connectivity index (χ2n) is 17.2. The van der Waals surface area contributed by atoms with Gasteiger partial charge in [0.15, 0.2) is 0 Å². The van der Waals surface area contributed by atoms with Gasteiger partial charge in [-0.15, -0.1) is 0 Å². The summed E-state index contributed by atoms with van der Waals surface area (Å²) in [7, 11) is 0. The van der Waals surface area contributed by atoms with E-state index >= 15 is 0 Å². The predicted molar refractivity (Wildman–Crippen MR) is 248 cm³/mol. The third-order valence-electron chi connectivity index (χ3n) is 13.9. The Morgan fingerprint density at radius 3 is 1.68 bits per heavy atom. The number of furan rings is 1. The minimum absolute atomic E-state index is 0.0936. The van der Waals surface area contributed by atoms with E-state index in [2.05, 4.69) is 219 Å². The van der Waals surface area contributed by atoms with Crippen molar-refractivity contribution < 1.29 is 4.42 Å². The van der Waals surface area contributed by atoms with Crippen LogP contribution in [0.15, 0.2) is 205 Å². The smallest absolute Gasteiger partial charge is 0.137 e. The van der Waals surface area contributed by atoms with Crippen LogP contribution in [-0.4, -0.2) is 0 Å². The van der Waals surface area contributed by atoms with Crippen LogP contribution < -0.4 is 4.90 Å². The van der Waals surface area contributed by atoms with Crippen molar-refractivity contribution in [3.63, 3.8) is 0 Å². The molecule has 2 nitrogen and oxygen atoms in total. The fourth-order valence-corrected chi connectivity index (χ4v) is 11.3. The fraction of sp³-hybridized carbons (Fsp3) is 0.0690. The van der Waals surface area contributed by atoms with Crippen LogP contribution >= 0.6 is 0 Å². The van der Waals surface area contributed by atoms with Crippen LogP contribution in [0.1, 0.15) is 47.2 Å². The molecule has 0 unspecified atom stereocenters. The molecule has 1 spiro atoms. The normalized spacial score (nSPS) is 14.4.